The Morgan fingerprint density at radius 1 is 1.54 bits per heavy atom. The van der Waals surface area contributed by atoms with Gasteiger partial charge in [-0.3, -0.25) is 19.2 Å². The molecule has 24 heavy (non-hydrogen) atoms. The number of aromatic hydroxyl groups is 1. The Morgan fingerprint density at radius 2 is 2.12 bits per heavy atom. The van der Waals surface area contributed by atoms with E-state index in [1.165, 1.54) is 6.92 Å². The van der Waals surface area contributed by atoms with Gasteiger partial charge >= 0.3 is 37.2 Å². The van der Waals surface area contributed by atoms with Gasteiger partial charge in [0, 0.05) is 11.8 Å². The Bertz CT molecular complexity index is 733. The molecule has 5 N–H and O–H groups in total. The van der Waals surface area contributed by atoms with Gasteiger partial charge in [0.15, 0.2) is 0 Å². The van der Waals surface area contributed by atoms with Crippen molar-refractivity contribution in [2.75, 3.05) is 5.75 Å². The number of rotatable bonds is 4. The Kier molecular flexibility index (Phi) is 7.02. The summed E-state index contributed by atoms with van der Waals surface area (Å²) in [4.78, 5) is 35.5. The van der Waals surface area contributed by atoms with Crippen molar-refractivity contribution in [2.45, 2.75) is 19.0 Å². The van der Waals surface area contributed by atoms with Crippen molar-refractivity contribution in [1.82, 2.24) is 9.88 Å². The summed E-state index contributed by atoms with van der Waals surface area (Å²) in [7, 11) is -5.46. The minimum absolute atomic E-state index is 0. The van der Waals surface area contributed by atoms with E-state index in [0.29, 0.717) is 4.90 Å². The number of hydrogen-bond donors (Lipinski definition) is 5. The summed E-state index contributed by atoms with van der Waals surface area (Å²) in [6, 6.07) is 0. The predicted molar refractivity (Wildman–Crippen MR) is 85.5 cm³/mol. The standard InChI is InChI=1S/C11H13N2O7PS2.Na.H/c1-5-9(16)8(6(3-14)2-12-5)11(17,21(18,19)20)13-7(15)4-23-10(13)22;;/h2,14,16-17H,3-4H2,1H3,(H2,18,19,20);;/q;+1;-1. The van der Waals surface area contributed by atoms with Crippen LogP contribution in [0.3, 0.4) is 0 Å². The third-order valence-corrected chi connectivity index (χ3v) is 5.88. The maximum absolute atomic E-state index is 12.0. The van der Waals surface area contributed by atoms with Crippen LogP contribution >= 0.6 is 31.6 Å². The molecule has 0 aliphatic carbocycles. The molecule has 128 valence electrons. The van der Waals surface area contributed by atoms with Crippen molar-refractivity contribution in [3.8, 4) is 5.75 Å². The summed E-state index contributed by atoms with van der Waals surface area (Å²) in [5, 5.41) is 30.4. The van der Waals surface area contributed by atoms with E-state index in [0.717, 1.165) is 18.0 Å². The van der Waals surface area contributed by atoms with Crippen LogP contribution in [-0.4, -0.2) is 51.0 Å². The number of pyridine rings is 1. The van der Waals surface area contributed by atoms with Crippen molar-refractivity contribution in [3.63, 3.8) is 0 Å². The largest absolute Gasteiger partial charge is 1.00 e. The smallest absolute Gasteiger partial charge is 1.00 e. The second-order valence-electron chi connectivity index (χ2n) is 4.71. The van der Waals surface area contributed by atoms with Gasteiger partial charge < -0.3 is 26.5 Å². The zero-order chi connectivity index (χ0) is 17.6. The first-order chi connectivity index (χ1) is 10.6. The molecule has 0 radical (unpaired) electrons. The molecule has 1 saturated heterocycles. The number of carbonyl (C=O) groups excluding carboxylic acids is 1. The molecular formula is C11H14N2NaO7PS2. The summed E-state index contributed by atoms with van der Waals surface area (Å²) in [5.41, 5.74) is -4.22. The van der Waals surface area contributed by atoms with Crippen LogP contribution in [0.1, 0.15) is 18.2 Å². The number of aryl methyl sites for hydroxylation is 1. The summed E-state index contributed by atoms with van der Waals surface area (Å²) in [5.74, 6) is -1.78. The van der Waals surface area contributed by atoms with Crippen LogP contribution in [0.4, 0.5) is 0 Å². The molecule has 1 atom stereocenters. The van der Waals surface area contributed by atoms with Gasteiger partial charge in [-0.1, -0.05) is 24.0 Å². The van der Waals surface area contributed by atoms with Crippen LogP contribution in [0.25, 0.3) is 0 Å². The van der Waals surface area contributed by atoms with Crippen molar-refractivity contribution in [3.05, 3.63) is 23.0 Å². The summed E-state index contributed by atoms with van der Waals surface area (Å²) in [6.45, 7) is 0.555. The van der Waals surface area contributed by atoms with Crippen LogP contribution in [0, 0.1) is 6.92 Å². The first-order valence-electron chi connectivity index (χ1n) is 6.12. The third kappa shape index (κ3) is 3.43. The van der Waals surface area contributed by atoms with E-state index in [1.807, 2.05) is 0 Å². The Balaban J connectivity index is 0.00000288. The SMILES string of the molecule is Cc1ncc(CO)c(C(O)(N2C(=O)CSC2=S)P(=O)(O)O)c1O.[H-].[Na+]. The topological polar surface area (TPSA) is 151 Å². The predicted octanol–water partition coefficient (Wildman–Crippen LogP) is -3.15. The number of aliphatic hydroxyl groups excluding tert-OH is 1. The number of aromatic nitrogens is 1. The van der Waals surface area contributed by atoms with Gasteiger partial charge in [-0.15, -0.1) is 0 Å². The molecule has 1 fully saturated rings. The molecule has 1 amide bonds. The molecule has 9 nitrogen and oxygen atoms in total. The van der Waals surface area contributed by atoms with Gasteiger partial charge in [-0.05, 0) is 6.92 Å². The number of carbonyl (C=O) groups is 1. The van der Waals surface area contributed by atoms with Crippen LogP contribution in [0.2, 0.25) is 0 Å². The van der Waals surface area contributed by atoms with E-state index in [1.54, 1.807) is 0 Å². The molecule has 1 aromatic rings. The Labute approximate surface area is 170 Å². The van der Waals surface area contributed by atoms with Crippen molar-refractivity contribution < 1.29 is 65.4 Å². The Hall–Kier alpha value is -0.0700. The first kappa shape index (κ1) is 22.0. The maximum atomic E-state index is 12.0. The van der Waals surface area contributed by atoms with E-state index >= 15 is 0 Å². The third-order valence-electron chi connectivity index (χ3n) is 3.29. The first-order valence-corrected chi connectivity index (χ1v) is 9.13. The molecule has 0 aromatic carbocycles. The average molecular weight is 404 g/mol. The molecule has 0 saturated carbocycles. The van der Waals surface area contributed by atoms with Gasteiger partial charge in [-0.25, -0.2) is 0 Å². The summed E-state index contributed by atoms with van der Waals surface area (Å²) in [6.07, 6.45) is 1.04. The quantitative estimate of drug-likeness (QED) is 0.198. The van der Waals surface area contributed by atoms with Crippen LogP contribution < -0.4 is 29.6 Å². The zero-order valence-corrected chi connectivity index (χ0v) is 17.2. The minimum atomic E-state index is -5.46. The molecule has 0 bridgehead atoms. The number of thiocarbonyl (C=S) groups is 1. The molecular weight excluding hydrogens is 390 g/mol. The van der Waals surface area contributed by atoms with Gasteiger partial charge in [-0.2, -0.15) is 0 Å². The molecule has 1 aliphatic heterocycles. The second-order valence-corrected chi connectivity index (χ2v) is 8.03. The monoisotopic (exact) mass is 404 g/mol. The van der Waals surface area contributed by atoms with Crippen LogP contribution in [0.15, 0.2) is 6.20 Å². The normalized spacial score (nSPS) is 17.6. The minimum Gasteiger partial charge on any atom is -1.00 e. The van der Waals surface area contributed by atoms with Crippen LogP contribution in [0.5, 0.6) is 5.75 Å². The fourth-order valence-electron chi connectivity index (χ4n) is 2.17. The molecule has 2 rings (SSSR count). The summed E-state index contributed by atoms with van der Waals surface area (Å²) < 4.78 is 11.8. The van der Waals surface area contributed by atoms with Gasteiger partial charge in [0.2, 0.25) is 5.91 Å². The fraction of sp³-hybridized carbons (Fsp3) is 0.364. The number of nitrogens with zero attached hydrogens (tertiary/aromatic N) is 2. The van der Waals surface area contributed by atoms with E-state index in [2.05, 4.69) is 4.98 Å². The molecule has 1 aromatic heterocycles. The van der Waals surface area contributed by atoms with Crippen LogP contribution in [-0.2, 0) is 21.4 Å². The van der Waals surface area contributed by atoms with Crippen molar-refractivity contribution >= 4 is 41.8 Å². The fourth-order valence-corrected chi connectivity index (χ4v) is 4.47. The van der Waals surface area contributed by atoms with E-state index < -0.39 is 36.9 Å². The molecule has 13 heteroatoms. The van der Waals surface area contributed by atoms with Gasteiger partial charge in [0.1, 0.15) is 10.1 Å². The number of aliphatic hydroxyl groups is 2. The van der Waals surface area contributed by atoms with Gasteiger partial charge in [0.25, 0.3) is 5.47 Å². The van der Waals surface area contributed by atoms with E-state index in [9.17, 15) is 34.5 Å². The van der Waals surface area contributed by atoms with Crippen molar-refractivity contribution in [2.24, 2.45) is 0 Å². The second kappa shape index (κ2) is 7.67. The van der Waals surface area contributed by atoms with Gasteiger partial charge in [0.05, 0.1) is 23.6 Å². The molecule has 0 spiro atoms. The average Bonchev–Trinajstić information content (AvgIpc) is 2.79. The molecule has 1 aliphatic rings. The zero-order valence-electron chi connectivity index (χ0n) is 13.7. The number of thioether (sulfide) groups is 1. The number of hydrogen-bond acceptors (Lipinski definition) is 8. The maximum Gasteiger partial charge on any atom is 1.00 e. The Morgan fingerprint density at radius 3 is 2.54 bits per heavy atom. The van der Waals surface area contributed by atoms with Crippen molar-refractivity contribution in [1.29, 1.82) is 0 Å². The molecule has 1 unspecified atom stereocenters. The number of amides is 1. The van der Waals surface area contributed by atoms with E-state index in [4.69, 9.17) is 12.2 Å². The van der Waals surface area contributed by atoms with E-state index in [-0.39, 0.29) is 52.3 Å². The molecule has 2 heterocycles. The summed E-state index contributed by atoms with van der Waals surface area (Å²) >= 11 is 5.71.